The second-order valence-corrected chi connectivity index (χ2v) is 5.21. The molecule has 0 aliphatic heterocycles. The number of nitrogens with one attached hydrogen (secondary N) is 2. The zero-order chi connectivity index (χ0) is 10.3. The van der Waals surface area contributed by atoms with E-state index in [9.17, 15) is 0 Å². The zero-order valence-corrected chi connectivity index (χ0v) is 9.24. The first-order valence-corrected chi connectivity index (χ1v) is 6.09. The molecule has 3 heteroatoms. The van der Waals surface area contributed by atoms with Crippen LogP contribution in [0, 0.1) is 17.8 Å². The maximum absolute atomic E-state index is 4.22. The van der Waals surface area contributed by atoms with E-state index in [-0.39, 0.29) is 0 Å². The molecule has 15 heavy (non-hydrogen) atoms. The summed E-state index contributed by atoms with van der Waals surface area (Å²) in [6.07, 6.45) is 9.52. The molecule has 4 atom stereocenters. The molecule has 0 aromatic carbocycles. The lowest BCUT2D eigenvalue weighted by molar-refractivity contribution is 0.303. The normalized spacial score (nSPS) is 35.7. The van der Waals surface area contributed by atoms with Crippen LogP contribution in [0.15, 0.2) is 12.4 Å². The van der Waals surface area contributed by atoms with E-state index in [0.717, 1.165) is 23.7 Å². The highest BCUT2D eigenvalue weighted by Gasteiger charge is 2.41. The molecule has 1 aromatic heterocycles. The third kappa shape index (κ3) is 1.64. The van der Waals surface area contributed by atoms with Crippen molar-refractivity contribution in [3.63, 3.8) is 0 Å². The Bertz CT molecular complexity index is 320. The van der Waals surface area contributed by atoms with Crippen molar-refractivity contribution in [3.8, 4) is 0 Å². The van der Waals surface area contributed by atoms with E-state index in [2.05, 4.69) is 22.2 Å². The van der Waals surface area contributed by atoms with Gasteiger partial charge in [-0.1, -0.05) is 6.42 Å². The second-order valence-electron chi connectivity index (χ2n) is 5.21. The largest absolute Gasteiger partial charge is 0.353 e. The van der Waals surface area contributed by atoms with E-state index in [1.807, 2.05) is 6.20 Å². The molecular weight excluding hydrogens is 186 g/mol. The standard InChI is InChI=1S/C12H19N3/c1-8(15-12-13-4-5-14-12)11-7-9-2-3-10(11)6-9/h4-5,8-11H,2-3,6-7H2,1H3,(H2,13,14,15). The Morgan fingerprint density at radius 1 is 1.47 bits per heavy atom. The number of rotatable bonds is 3. The highest BCUT2D eigenvalue weighted by Crippen LogP contribution is 2.49. The van der Waals surface area contributed by atoms with Crippen molar-refractivity contribution >= 4 is 5.95 Å². The minimum Gasteiger partial charge on any atom is -0.353 e. The molecule has 2 saturated carbocycles. The summed E-state index contributed by atoms with van der Waals surface area (Å²) in [6.45, 7) is 2.30. The minimum atomic E-state index is 0.562. The summed E-state index contributed by atoms with van der Waals surface area (Å²) in [5, 5.41) is 3.48. The van der Waals surface area contributed by atoms with Gasteiger partial charge in [0.05, 0.1) is 0 Å². The number of imidazole rings is 1. The molecule has 2 fully saturated rings. The minimum absolute atomic E-state index is 0.562. The molecule has 2 aliphatic rings. The van der Waals surface area contributed by atoms with E-state index in [1.165, 1.54) is 25.7 Å². The van der Waals surface area contributed by atoms with E-state index < -0.39 is 0 Å². The topological polar surface area (TPSA) is 40.7 Å². The van der Waals surface area contributed by atoms with Gasteiger partial charge in [-0.3, -0.25) is 0 Å². The first-order valence-electron chi connectivity index (χ1n) is 6.09. The summed E-state index contributed by atoms with van der Waals surface area (Å²) in [6, 6.07) is 0.562. The summed E-state index contributed by atoms with van der Waals surface area (Å²) in [4.78, 5) is 7.34. The number of nitrogens with zero attached hydrogens (tertiary/aromatic N) is 1. The third-order valence-corrected chi connectivity index (χ3v) is 4.30. The summed E-state index contributed by atoms with van der Waals surface area (Å²) >= 11 is 0. The van der Waals surface area contributed by atoms with Crippen LogP contribution in [-0.4, -0.2) is 16.0 Å². The van der Waals surface area contributed by atoms with Gasteiger partial charge < -0.3 is 10.3 Å². The molecule has 0 radical (unpaired) electrons. The Labute approximate surface area is 90.7 Å². The fraction of sp³-hybridized carbons (Fsp3) is 0.750. The van der Waals surface area contributed by atoms with Gasteiger partial charge >= 0.3 is 0 Å². The molecule has 82 valence electrons. The molecule has 0 amide bonds. The van der Waals surface area contributed by atoms with Crippen molar-refractivity contribution < 1.29 is 0 Å². The number of anilines is 1. The van der Waals surface area contributed by atoms with E-state index in [0.29, 0.717) is 6.04 Å². The SMILES string of the molecule is CC(Nc1ncc[nH]1)C1CC2CCC1C2. The molecule has 3 rings (SSSR count). The van der Waals surface area contributed by atoms with Gasteiger partial charge in [0.15, 0.2) is 5.95 Å². The van der Waals surface area contributed by atoms with Crippen LogP contribution in [0.1, 0.15) is 32.6 Å². The van der Waals surface area contributed by atoms with E-state index in [4.69, 9.17) is 0 Å². The number of fused-ring (bicyclic) bond motifs is 2. The summed E-state index contributed by atoms with van der Waals surface area (Å²) in [7, 11) is 0. The van der Waals surface area contributed by atoms with Gasteiger partial charge in [0, 0.05) is 18.4 Å². The van der Waals surface area contributed by atoms with Crippen LogP contribution >= 0.6 is 0 Å². The summed E-state index contributed by atoms with van der Waals surface area (Å²) in [5.41, 5.74) is 0. The number of H-pyrrole nitrogens is 1. The molecule has 4 unspecified atom stereocenters. The Balaban J connectivity index is 1.63. The average Bonchev–Trinajstić information content (AvgIpc) is 2.93. The van der Waals surface area contributed by atoms with Crippen molar-refractivity contribution in [1.82, 2.24) is 9.97 Å². The highest BCUT2D eigenvalue weighted by atomic mass is 15.1. The van der Waals surface area contributed by atoms with Gasteiger partial charge in [-0.05, 0) is 43.9 Å². The molecule has 2 N–H and O–H groups in total. The third-order valence-electron chi connectivity index (χ3n) is 4.30. The second kappa shape index (κ2) is 3.54. The number of aromatic amines is 1. The molecule has 2 bridgehead atoms. The van der Waals surface area contributed by atoms with E-state index in [1.54, 1.807) is 6.20 Å². The van der Waals surface area contributed by atoms with Gasteiger partial charge in [-0.15, -0.1) is 0 Å². The molecule has 0 saturated heterocycles. The quantitative estimate of drug-likeness (QED) is 0.796. The first-order chi connectivity index (χ1) is 7.33. The lowest BCUT2D eigenvalue weighted by atomic mass is 9.84. The smallest absolute Gasteiger partial charge is 0.200 e. The number of aromatic nitrogens is 2. The molecule has 0 spiro atoms. The van der Waals surface area contributed by atoms with Gasteiger partial charge in [0.2, 0.25) is 0 Å². The fourth-order valence-corrected chi connectivity index (χ4v) is 3.57. The van der Waals surface area contributed by atoms with Crippen LogP contribution in [0.25, 0.3) is 0 Å². The fourth-order valence-electron chi connectivity index (χ4n) is 3.57. The Kier molecular flexibility index (Phi) is 2.19. The van der Waals surface area contributed by atoms with Crippen LogP contribution in [0.2, 0.25) is 0 Å². The predicted octanol–water partition coefficient (Wildman–Crippen LogP) is 2.65. The first kappa shape index (κ1) is 9.25. The number of hydrogen-bond donors (Lipinski definition) is 2. The Hall–Kier alpha value is -0.990. The Morgan fingerprint density at radius 3 is 3.00 bits per heavy atom. The maximum atomic E-state index is 4.22. The van der Waals surface area contributed by atoms with Crippen molar-refractivity contribution in [2.75, 3.05) is 5.32 Å². The highest BCUT2D eigenvalue weighted by molar-refractivity contribution is 5.25. The van der Waals surface area contributed by atoms with Crippen LogP contribution in [-0.2, 0) is 0 Å². The molecule has 3 nitrogen and oxygen atoms in total. The molecule has 1 aromatic rings. The lowest BCUT2D eigenvalue weighted by Crippen LogP contribution is -2.30. The Morgan fingerprint density at radius 2 is 2.40 bits per heavy atom. The van der Waals surface area contributed by atoms with Crippen LogP contribution in [0.5, 0.6) is 0 Å². The van der Waals surface area contributed by atoms with Crippen molar-refractivity contribution in [2.45, 2.75) is 38.6 Å². The molecular formula is C12H19N3. The van der Waals surface area contributed by atoms with Crippen molar-refractivity contribution in [3.05, 3.63) is 12.4 Å². The van der Waals surface area contributed by atoms with Gasteiger partial charge in [-0.2, -0.15) is 0 Å². The average molecular weight is 205 g/mol. The molecule has 1 heterocycles. The van der Waals surface area contributed by atoms with Crippen LogP contribution < -0.4 is 5.32 Å². The summed E-state index contributed by atoms with van der Waals surface area (Å²) < 4.78 is 0. The van der Waals surface area contributed by atoms with Crippen LogP contribution in [0.4, 0.5) is 5.95 Å². The zero-order valence-electron chi connectivity index (χ0n) is 9.24. The molecule has 2 aliphatic carbocycles. The van der Waals surface area contributed by atoms with Crippen molar-refractivity contribution in [1.29, 1.82) is 0 Å². The van der Waals surface area contributed by atoms with Crippen LogP contribution in [0.3, 0.4) is 0 Å². The van der Waals surface area contributed by atoms with E-state index >= 15 is 0 Å². The van der Waals surface area contributed by atoms with Crippen molar-refractivity contribution in [2.24, 2.45) is 17.8 Å². The summed E-state index contributed by atoms with van der Waals surface area (Å²) in [5.74, 6) is 3.80. The number of hydrogen-bond acceptors (Lipinski definition) is 2. The monoisotopic (exact) mass is 205 g/mol. The van der Waals surface area contributed by atoms with Gasteiger partial charge in [0.1, 0.15) is 0 Å². The lowest BCUT2D eigenvalue weighted by Gasteiger charge is -2.28. The maximum Gasteiger partial charge on any atom is 0.200 e. The van der Waals surface area contributed by atoms with Gasteiger partial charge in [-0.25, -0.2) is 4.98 Å². The predicted molar refractivity (Wildman–Crippen MR) is 60.6 cm³/mol. The van der Waals surface area contributed by atoms with Gasteiger partial charge in [0.25, 0.3) is 0 Å².